The summed E-state index contributed by atoms with van der Waals surface area (Å²) in [6.07, 6.45) is 1.95. The third kappa shape index (κ3) is 4.02. The number of aromatic amines is 2. The second-order valence-corrected chi connectivity index (χ2v) is 8.31. The molecular formula is C21H15ClF4N8O2. The number of pyridine rings is 1. The van der Waals surface area contributed by atoms with E-state index in [2.05, 4.69) is 30.1 Å². The molecule has 0 radical (unpaired) electrons. The molecule has 0 amide bonds. The second-order valence-electron chi connectivity index (χ2n) is 8.31. The summed E-state index contributed by atoms with van der Waals surface area (Å²) in [6.45, 7) is -1.43. The molecule has 0 unspecified atom stereocenters. The zero-order chi connectivity index (χ0) is 24.5. The Morgan fingerprint density at radius 1 is 1.11 bits per heavy atom. The molecule has 6 rings (SSSR count). The van der Waals surface area contributed by atoms with Crippen LogP contribution in [0.25, 0.3) is 27.9 Å². The van der Waals surface area contributed by atoms with Crippen molar-refractivity contribution in [3.63, 3.8) is 0 Å². The van der Waals surface area contributed by atoms with Gasteiger partial charge in [-0.1, -0.05) is 0 Å². The van der Waals surface area contributed by atoms with Gasteiger partial charge in [0.1, 0.15) is 12.1 Å². The minimum atomic E-state index is -4.57. The smallest absolute Gasteiger partial charge is 0.313 e. The number of hydrogen-bond donors (Lipinski definition) is 2. The average molecular weight is 523 g/mol. The quantitative estimate of drug-likeness (QED) is 0.349. The van der Waals surface area contributed by atoms with Crippen molar-refractivity contribution in [1.29, 1.82) is 0 Å². The van der Waals surface area contributed by atoms with Gasteiger partial charge >= 0.3 is 11.9 Å². The molecule has 36 heavy (non-hydrogen) atoms. The highest BCUT2D eigenvalue weighted by Crippen LogP contribution is 2.55. The highest BCUT2D eigenvalue weighted by Gasteiger charge is 2.42. The number of aromatic nitrogens is 8. The number of hydrogen-bond acceptors (Lipinski definition) is 6. The number of H-pyrrole nitrogens is 2. The van der Waals surface area contributed by atoms with Gasteiger partial charge in [-0.15, -0.1) is 17.5 Å². The molecule has 0 aliphatic heterocycles. The molecule has 1 saturated carbocycles. The third-order valence-corrected chi connectivity index (χ3v) is 6.00. The number of alkyl halides is 3. The summed E-state index contributed by atoms with van der Waals surface area (Å²) < 4.78 is 54.9. The normalized spacial score (nSPS) is 17.4. The van der Waals surface area contributed by atoms with Crippen LogP contribution in [0.2, 0.25) is 0 Å². The van der Waals surface area contributed by atoms with E-state index in [9.17, 15) is 27.2 Å². The SMILES string of the molecule is Cl.O=c1[nH]cc(-c2cc([C@H]3C[C@@H]3c3cnc4c(F)nn(CC(F)(F)F)c4c3)c3nccn3n2)c(=O)[nH]1. The predicted octanol–water partition coefficient (Wildman–Crippen LogP) is 2.91. The molecule has 1 aliphatic rings. The fourth-order valence-electron chi connectivity index (χ4n) is 4.38. The number of nitrogens with one attached hydrogen (secondary N) is 2. The van der Waals surface area contributed by atoms with Crippen LogP contribution >= 0.6 is 12.4 Å². The van der Waals surface area contributed by atoms with Crippen molar-refractivity contribution >= 4 is 29.1 Å². The predicted molar refractivity (Wildman–Crippen MR) is 121 cm³/mol. The van der Waals surface area contributed by atoms with Crippen LogP contribution in [0.15, 0.2) is 46.5 Å². The molecule has 2 N–H and O–H groups in total. The Morgan fingerprint density at radius 3 is 2.67 bits per heavy atom. The number of fused-ring (bicyclic) bond motifs is 2. The lowest BCUT2D eigenvalue weighted by Gasteiger charge is -2.09. The van der Waals surface area contributed by atoms with Crippen LogP contribution in [0.5, 0.6) is 0 Å². The number of rotatable bonds is 4. The van der Waals surface area contributed by atoms with Crippen molar-refractivity contribution in [3.8, 4) is 11.3 Å². The minimum Gasteiger partial charge on any atom is -0.313 e. The van der Waals surface area contributed by atoms with E-state index in [4.69, 9.17) is 0 Å². The Bertz CT molecular complexity index is 1740. The van der Waals surface area contributed by atoms with Crippen molar-refractivity contribution in [2.45, 2.75) is 31.0 Å². The Morgan fingerprint density at radius 2 is 1.92 bits per heavy atom. The average Bonchev–Trinajstić information content (AvgIpc) is 3.34. The molecule has 5 aromatic rings. The zero-order valence-corrected chi connectivity index (χ0v) is 18.8. The van der Waals surface area contributed by atoms with E-state index < -0.39 is 29.9 Å². The van der Waals surface area contributed by atoms with Gasteiger partial charge in [0.15, 0.2) is 5.65 Å². The maximum Gasteiger partial charge on any atom is 0.408 e. The topological polar surface area (TPSA) is 127 Å². The first-order valence-electron chi connectivity index (χ1n) is 10.4. The van der Waals surface area contributed by atoms with E-state index in [0.717, 1.165) is 5.56 Å². The maximum absolute atomic E-state index is 14.0. The van der Waals surface area contributed by atoms with Crippen LogP contribution in [0, 0.1) is 5.95 Å². The molecule has 0 aromatic carbocycles. The Kier molecular flexibility index (Phi) is 5.43. The number of nitrogens with zero attached hydrogens (tertiary/aromatic N) is 6. The molecule has 10 nitrogen and oxygen atoms in total. The lowest BCUT2D eigenvalue weighted by atomic mass is 10.0. The highest BCUT2D eigenvalue weighted by molar-refractivity contribution is 5.85. The minimum absolute atomic E-state index is 0. The first kappa shape index (κ1) is 23.7. The fraction of sp³-hybridized carbons (Fsp3) is 0.238. The van der Waals surface area contributed by atoms with E-state index in [-0.39, 0.29) is 40.8 Å². The molecule has 0 saturated heterocycles. The van der Waals surface area contributed by atoms with Gasteiger partial charge in [0.2, 0.25) is 0 Å². The summed E-state index contributed by atoms with van der Waals surface area (Å²) in [5, 5.41) is 7.75. The van der Waals surface area contributed by atoms with Crippen LogP contribution in [0.1, 0.15) is 29.4 Å². The van der Waals surface area contributed by atoms with Crippen molar-refractivity contribution < 1.29 is 17.6 Å². The number of imidazole rings is 1. The van der Waals surface area contributed by atoms with Crippen molar-refractivity contribution in [3.05, 3.63) is 74.8 Å². The van der Waals surface area contributed by atoms with Crippen LogP contribution in [0.3, 0.4) is 0 Å². The molecule has 1 aliphatic carbocycles. The summed E-state index contributed by atoms with van der Waals surface area (Å²) in [6, 6.07) is 3.18. The lowest BCUT2D eigenvalue weighted by Crippen LogP contribution is -2.23. The van der Waals surface area contributed by atoms with Crippen LogP contribution in [-0.2, 0) is 6.54 Å². The summed E-state index contributed by atoms with van der Waals surface area (Å²) >= 11 is 0. The summed E-state index contributed by atoms with van der Waals surface area (Å²) in [4.78, 5) is 36.6. The second kappa shape index (κ2) is 8.26. The van der Waals surface area contributed by atoms with Gasteiger partial charge < -0.3 is 4.98 Å². The van der Waals surface area contributed by atoms with Gasteiger partial charge in [-0.25, -0.2) is 19.3 Å². The first-order chi connectivity index (χ1) is 16.7. The third-order valence-electron chi connectivity index (χ3n) is 6.00. The van der Waals surface area contributed by atoms with Gasteiger partial charge in [0, 0.05) is 30.4 Å². The Hall–Kier alpha value is -4.07. The van der Waals surface area contributed by atoms with Gasteiger partial charge in [-0.2, -0.15) is 22.7 Å². The van der Waals surface area contributed by atoms with E-state index in [1.54, 1.807) is 18.5 Å². The van der Waals surface area contributed by atoms with Gasteiger partial charge in [-0.3, -0.25) is 14.5 Å². The molecule has 0 spiro atoms. The summed E-state index contributed by atoms with van der Waals surface area (Å²) in [5.74, 6) is -1.27. The lowest BCUT2D eigenvalue weighted by molar-refractivity contribution is -0.142. The van der Waals surface area contributed by atoms with Gasteiger partial charge in [-0.05, 0) is 36.0 Å². The van der Waals surface area contributed by atoms with E-state index in [1.807, 2.05) is 0 Å². The van der Waals surface area contributed by atoms with Crippen LogP contribution in [-0.4, -0.2) is 45.5 Å². The molecule has 5 heterocycles. The number of halogens is 5. The van der Waals surface area contributed by atoms with Crippen LogP contribution in [0.4, 0.5) is 17.6 Å². The Balaban J connectivity index is 0.00000267. The molecule has 15 heteroatoms. The van der Waals surface area contributed by atoms with Gasteiger partial charge in [0.25, 0.3) is 11.5 Å². The van der Waals surface area contributed by atoms with Crippen molar-refractivity contribution in [2.24, 2.45) is 0 Å². The molecule has 186 valence electrons. The molecule has 0 bridgehead atoms. The van der Waals surface area contributed by atoms with E-state index in [1.165, 1.54) is 23.0 Å². The molecule has 5 aromatic heterocycles. The Labute approximate surface area is 203 Å². The maximum atomic E-state index is 14.0. The van der Waals surface area contributed by atoms with Crippen molar-refractivity contribution in [2.75, 3.05) is 0 Å². The molecular weight excluding hydrogens is 508 g/mol. The van der Waals surface area contributed by atoms with E-state index >= 15 is 0 Å². The standard InChI is InChI=1S/C21H14F4N8O2.ClH/c22-17-16-15(33(31-17)8-21(23,24)25)3-9(6-27-16)10-4-11(10)12-5-14(30-32-2-1-26-18(12)32)13-7-28-20(35)29-19(13)34;/h1-3,5-7,10-11H,4,8H2,(H2,28,29,34,35);1H/t10-,11+;/m1./s1. The summed E-state index contributed by atoms with van der Waals surface area (Å²) in [5.41, 5.74) is 0.924. The van der Waals surface area contributed by atoms with Gasteiger partial charge in [0.05, 0.1) is 16.8 Å². The van der Waals surface area contributed by atoms with E-state index in [0.29, 0.717) is 28.0 Å². The fourth-order valence-corrected chi connectivity index (χ4v) is 4.38. The monoisotopic (exact) mass is 522 g/mol. The first-order valence-corrected chi connectivity index (χ1v) is 10.4. The molecule has 1 fully saturated rings. The zero-order valence-electron chi connectivity index (χ0n) is 18.0. The highest BCUT2D eigenvalue weighted by atomic mass is 35.5. The van der Waals surface area contributed by atoms with Crippen molar-refractivity contribution in [1.82, 2.24) is 39.3 Å². The summed E-state index contributed by atoms with van der Waals surface area (Å²) in [7, 11) is 0. The van der Waals surface area contributed by atoms with Crippen LogP contribution < -0.4 is 11.2 Å². The largest absolute Gasteiger partial charge is 0.408 e. The molecule has 2 atom stereocenters.